The van der Waals surface area contributed by atoms with Crippen LogP contribution in [0, 0.1) is 33.1 Å². The van der Waals surface area contributed by atoms with Gasteiger partial charge in [-0.25, -0.2) is 8.78 Å². The largest absolute Gasteiger partial charge is 0.275 e. The fourth-order valence-electron chi connectivity index (χ4n) is 1.67. The van der Waals surface area contributed by atoms with Gasteiger partial charge in [-0.3, -0.25) is 10.1 Å². The number of rotatable bonds is 2. The van der Waals surface area contributed by atoms with Crippen LogP contribution in [0.15, 0.2) is 12.1 Å². The molecule has 0 N–H and O–H groups in total. The van der Waals surface area contributed by atoms with Crippen molar-refractivity contribution in [2.24, 2.45) is 0 Å². The number of benzene rings is 1. The van der Waals surface area contributed by atoms with Crippen LogP contribution in [0.5, 0.6) is 0 Å². The predicted octanol–water partition coefficient (Wildman–Crippen LogP) is 2.43. The van der Waals surface area contributed by atoms with E-state index in [1.54, 1.807) is 0 Å². The van der Waals surface area contributed by atoms with Crippen molar-refractivity contribution >= 4 is 5.69 Å². The van der Waals surface area contributed by atoms with Crippen LogP contribution in [0.25, 0.3) is 0 Å². The molecule has 1 saturated carbocycles. The molecule has 0 aromatic heterocycles. The van der Waals surface area contributed by atoms with Crippen molar-refractivity contribution in [1.29, 1.82) is 5.26 Å². The summed E-state index contributed by atoms with van der Waals surface area (Å²) < 4.78 is 27.0. The SMILES string of the molecule is N#CC1(c2c(F)cc([N+](=O)[O-])cc2F)CC1. The third-order valence-electron chi connectivity index (χ3n) is 2.68. The highest BCUT2D eigenvalue weighted by Gasteiger charge is 2.49. The topological polar surface area (TPSA) is 66.9 Å². The Kier molecular flexibility index (Phi) is 2.12. The molecule has 1 aromatic carbocycles. The Balaban J connectivity index is 2.58. The molecule has 0 spiro atoms. The van der Waals surface area contributed by atoms with Crippen LogP contribution in [0.2, 0.25) is 0 Å². The molecule has 1 aromatic rings. The van der Waals surface area contributed by atoms with Gasteiger partial charge in [-0.1, -0.05) is 0 Å². The summed E-state index contributed by atoms with van der Waals surface area (Å²) in [5.41, 5.74) is -2.11. The van der Waals surface area contributed by atoms with Crippen LogP contribution in [-0.4, -0.2) is 4.92 Å². The van der Waals surface area contributed by atoms with Crippen LogP contribution >= 0.6 is 0 Å². The van der Waals surface area contributed by atoms with Crippen LogP contribution < -0.4 is 0 Å². The Morgan fingerprint density at radius 1 is 1.38 bits per heavy atom. The number of nitro groups is 1. The zero-order chi connectivity index (χ0) is 11.9. The molecule has 6 heteroatoms. The van der Waals surface area contributed by atoms with Crippen LogP contribution in [0.4, 0.5) is 14.5 Å². The van der Waals surface area contributed by atoms with Gasteiger partial charge in [0, 0.05) is 5.56 Å². The van der Waals surface area contributed by atoms with Gasteiger partial charge in [-0.2, -0.15) is 5.26 Å². The van der Waals surface area contributed by atoms with Gasteiger partial charge in [0.2, 0.25) is 0 Å². The van der Waals surface area contributed by atoms with Crippen molar-refractivity contribution in [2.75, 3.05) is 0 Å². The van der Waals surface area contributed by atoms with Crippen molar-refractivity contribution in [1.82, 2.24) is 0 Å². The summed E-state index contributed by atoms with van der Waals surface area (Å²) in [7, 11) is 0. The summed E-state index contributed by atoms with van der Waals surface area (Å²) in [6.07, 6.45) is 0.768. The minimum absolute atomic E-state index is 0.347. The molecule has 82 valence electrons. The number of non-ortho nitro benzene ring substituents is 1. The number of nitrogens with zero attached hydrogens (tertiary/aromatic N) is 2. The number of hydrogen-bond acceptors (Lipinski definition) is 3. The zero-order valence-electron chi connectivity index (χ0n) is 8.04. The second-order valence-corrected chi connectivity index (χ2v) is 3.74. The number of nitro benzene ring substituents is 1. The molecule has 0 aliphatic heterocycles. The van der Waals surface area contributed by atoms with E-state index in [1.807, 2.05) is 6.07 Å². The van der Waals surface area contributed by atoms with E-state index in [1.165, 1.54) is 0 Å². The second-order valence-electron chi connectivity index (χ2n) is 3.74. The summed E-state index contributed by atoms with van der Waals surface area (Å²) in [6, 6.07) is 3.15. The van der Waals surface area contributed by atoms with Crippen LogP contribution in [-0.2, 0) is 5.41 Å². The Bertz CT molecular complexity index is 495. The fraction of sp³-hybridized carbons (Fsp3) is 0.300. The van der Waals surface area contributed by atoms with Gasteiger partial charge in [0.25, 0.3) is 5.69 Å². The highest BCUT2D eigenvalue weighted by molar-refractivity contribution is 5.45. The molecule has 1 aliphatic rings. The smallest absolute Gasteiger partial charge is 0.258 e. The van der Waals surface area contributed by atoms with Gasteiger partial charge in [0.15, 0.2) is 0 Å². The van der Waals surface area contributed by atoms with E-state index in [9.17, 15) is 18.9 Å². The van der Waals surface area contributed by atoms with E-state index in [4.69, 9.17) is 5.26 Å². The molecule has 0 amide bonds. The molecule has 1 aliphatic carbocycles. The van der Waals surface area contributed by atoms with Gasteiger partial charge < -0.3 is 0 Å². The molecule has 0 bridgehead atoms. The lowest BCUT2D eigenvalue weighted by Gasteiger charge is -2.08. The number of hydrogen-bond donors (Lipinski definition) is 0. The van der Waals surface area contributed by atoms with Gasteiger partial charge in [0.1, 0.15) is 11.6 Å². The Morgan fingerprint density at radius 2 is 1.88 bits per heavy atom. The maximum atomic E-state index is 13.5. The summed E-state index contributed by atoms with van der Waals surface area (Å²) in [5, 5.41) is 19.2. The first kappa shape index (κ1) is 10.5. The first-order valence-corrected chi connectivity index (χ1v) is 4.55. The molecule has 0 atom stereocenters. The summed E-state index contributed by atoms with van der Waals surface area (Å²) >= 11 is 0. The standard InChI is InChI=1S/C10H6F2N2O2/c11-7-3-6(14(15)16)4-8(12)9(7)10(5-13)1-2-10/h3-4H,1-2H2. The first-order valence-electron chi connectivity index (χ1n) is 4.55. The second kappa shape index (κ2) is 3.23. The Morgan fingerprint density at radius 3 is 2.19 bits per heavy atom. The van der Waals surface area contributed by atoms with Gasteiger partial charge in [-0.15, -0.1) is 0 Å². The van der Waals surface area contributed by atoms with Gasteiger partial charge in [0.05, 0.1) is 28.5 Å². The van der Waals surface area contributed by atoms with Crippen molar-refractivity contribution < 1.29 is 13.7 Å². The molecule has 0 unspecified atom stereocenters. The lowest BCUT2D eigenvalue weighted by atomic mass is 9.96. The van der Waals surface area contributed by atoms with Crippen molar-refractivity contribution in [2.45, 2.75) is 18.3 Å². The number of halogens is 2. The maximum absolute atomic E-state index is 13.5. The molecule has 0 heterocycles. The average Bonchev–Trinajstić information content (AvgIpc) is 2.97. The van der Waals surface area contributed by atoms with Crippen molar-refractivity contribution in [3.8, 4) is 6.07 Å². The molecular formula is C10H6F2N2O2. The lowest BCUT2D eigenvalue weighted by Crippen LogP contribution is -2.10. The fourth-order valence-corrected chi connectivity index (χ4v) is 1.67. The maximum Gasteiger partial charge on any atom is 0.275 e. The third-order valence-corrected chi connectivity index (χ3v) is 2.68. The average molecular weight is 224 g/mol. The van der Waals surface area contributed by atoms with E-state index in [0.29, 0.717) is 25.0 Å². The highest BCUT2D eigenvalue weighted by Crippen LogP contribution is 2.49. The van der Waals surface area contributed by atoms with Crippen LogP contribution in [0.1, 0.15) is 18.4 Å². The zero-order valence-corrected chi connectivity index (χ0v) is 8.04. The van der Waals surface area contributed by atoms with E-state index in [0.717, 1.165) is 0 Å². The van der Waals surface area contributed by atoms with E-state index in [2.05, 4.69) is 0 Å². The Hall–Kier alpha value is -2.03. The van der Waals surface area contributed by atoms with Gasteiger partial charge >= 0.3 is 0 Å². The molecule has 0 saturated heterocycles. The van der Waals surface area contributed by atoms with E-state index in [-0.39, 0.29) is 5.56 Å². The predicted molar refractivity (Wildman–Crippen MR) is 49.5 cm³/mol. The van der Waals surface area contributed by atoms with E-state index >= 15 is 0 Å². The van der Waals surface area contributed by atoms with Crippen molar-refractivity contribution in [3.63, 3.8) is 0 Å². The molecular weight excluding hydrogens is 218 g/mol. The summed E-state index contributed by atoms with van der Waals surface area (Å²) in [6.45, 7) is 0. The number of nitriles is 1. The highest BCUT2D eigenvalue weighted by atomic mass is 19.1. The van der Waals surface area contributed by atoms with Crippen LogP contribution in [0.3, 0.4) is 0 Å². The molecule has 1 fully saturated rings. The third kappa shape index (κ3) is 1.41. The quantitative estimate of drug-likeness (QED) is 0.572. The normalized spacial score (nSPS) is 16.6. The monoisotopic (exact) mass is 224 g/mol. The minimum atomic E-state index is -1.12. The van der Waals surface area contributed by atoms with E-state index < -0.39 is 27.7 Å². The molecule has 4 nitrogen and oxygen atoms in total. The first-order chi connectivity index (χ1) is 7.50. The Labute approximate surface area is 89.3 Å². The molecule has 0 radical (unpaired) electrons. The van der Waals surface area contributed by atoms with Crippen molar-refractivity contribution in [3.05, 3.63) is 39.4 Å². The summed E-state index contributed by atoms with van der Waals surface area (Å²) in [5.74, 6) is -2.04. The molecule has 2 rings (SSSR count). The molecule has 16 heavy (non-hydrogen) atoms. The lowest BCUT2D eigenvalue weighted by molar-refractivity contribution is -0.385. The summed E-state index contributed by atoms with van der Waals surface area (Å²) in [4.78, 5) is 9.49. The van der Waals surface area contributed by atoms with Gasteiger partial charge in [-0.05, 0) is 12.8 Å². The minimum Gasteiger partial charge on any atom is -0.258 e.